The molecular formula is C26H28N6O2S. The zero-order chi connectivity index (χ0) is 23.6. The molecule has 3 aromatic heterocycles. The van der Waals surface area contributed by atoms with Crippen LogP contribution in [0.2, 0.25) is 0 Å². The quantitative estimate of drug-likeness (QED) is 0.319. The third-order valence-corrected chi connectivity index (χ3v) is 7.65. The number of rotatable bonds is 9. The molecule has 0 bridgehead atoms. The molecule has 35 heavy (non-hydrogen) atoms. The number of anilines is 1. The van der Waals surface area contributed by atoms with E-state index in [0.717, 1.165) is 53.8 Å². The summed E-state index contributed by atoms with van der Waals surface area (Å²) >= 11 is 1.40. The van der Waals surface area contributed by atoms with Crippen molar-refractivity contribution in [2.75, 3.05) is 11.1 Å². The van der Waals surface area contributed by atoms with Crippen LogP contribution in [0.4, 0.5) is 5.82 Å². The van der Waals surface area contributed by atoms with Gasteiger partial charge in [-0.3, -0.25) is 9.36 Å². The molecule has 0 unspecified atom stereocenters. The summed E-state index contributed by atoms with van der Waals surface area (Å²) < 4.78 is 9.48. The van der Waals surface area contributed by atoms with Crippen molar-refractivity contribution in [3.05, 3.63) is 72.1 Å². The van der Waals surface area contributed by atoms with Crippen molar-refractivity contribution in [2.24, 2.45) is 0 Å². The molecule has 2 aliphatic carbocycles. The minimum absolute atomic E-state index is 0.0921. The zero-order valence-electron chi connectivity index (χ0n) is 19.5. The predicted octanol–water partition coefficient (Wildman–Crippen LogP) is 5.37. The van der Waals surface area contributed by atoms with E-state index in [1.54, 1.807) is 6.26 Å². The average molecular weight is 489 g/mol. The summed E-state index contributed by atoms with van der Waals surface area (Å²) in [4.78, 5) is 13.0. The first-order valence-corrected chi connectivity index (χ1v) is 13.3. The Bertz CT molecular complexity index is 1290. The number of nitrogens with zero attached hydrogens (tertiary/aromatic N) is 5. The van der Waals surface area contributed by atoms with Gasteiger partial charge in [0.25, 0.3) is 0 Å². The van der Waals surface area contributed by atoms with E-state index in [4.69, 9.17) is 9.52 Å². The lowest BCUT2D eigenvalue weighted by atomic mass is 10.0. The Balaban J connectivity index is 1.18. The fourth-order valence-corrected chi connectivity index (χ4v) is 5.49. The number of carbonyl (C=O) groups excluding carboxylic acids is 1. The van der Waals surface area contributed by atoms with E-state index in [2.05, 4.69) is 20.1 Å². The molecule has 6 rings (SSSR count). The molecule has 1 amide bonds. The van der Waals surface area contributed by atoms with Gasteiger partial charge in [-0.1, -0.05) is 42.8 Å². The fraction of sp³-hybridized carbons (Fsp3) is 0.385. The number of hydrogen-bond acceptors (Lipinski definition) is 6. The van der Waals surface area contributed by atoms with Gasteiger partial charge in [0, 0.05) is 17.9 Å². The van der Waals surface area contributed by atoms with Gasteiger partial charge in [0.05, 0.1) is 29.9 Å². The van der Waals surface area contributed by atoms with Gasteiger partial charge in [-0.2, -0.15) is 5.10 Å². The highest BCUT2D eigenvalue weighted by atomic mass is 32.2. The topological polar surface area (TPSA) is 90.8 Å². The fourth-order valence-electron chi connectivity index (χ4n) is 4.74. The largest absolute Gasteiger partial charge is 0.467 e. The Morgan fingerprint density at radius 1 is 1.03 bits per heavy atom. The molecular weight excluding hydrogens is 460 g/mol. The number of para-hydroxylation sites is 1. The molecule has 2 aliphatic rings. The highest BCUT2D eigenvalue weighted by molar-refractivity contribution is 7.99. The minimum Gasteiger partial charge on any atom is -0.467 e. The van der Waals surface area contributed by atoms with Crippen LogP contribution >= 0.6 is 11.8 Å². The Kier molecular flexibility index (Phi) is 6.16. The monoisotopic (exact) mass is 488 g/mol. The summed E-state index contributed by atoms with van der Waals surface area (Å²) in [6.07, 6.45) is 8.73. The van der Waals surface area contributed by atoms with Crippen LogP contribution in [0.1, 0.15) is 67.6 Å². The highest BCUT2D eigenvalue weighted by Gasteiger charge is 2.31. The van der Waals surface area contributed by atoms with Gasteiger partial charge < -0.3 is 9.73 Å². The van der Waals surface area contributed by atoms with Gasteiger partial charge in [-0.05, 0) is 49.9 Å². The first-order valence-electron chi connectivity index (χ1n) is 12.3. The van der Waals surface area contributed by atoms with Gasteiger partial charge in [-0.15, -0.1) is 10.2 Å². The van der Waals surface area contributed by atoms with E-state index in [1.807, 2.05) is 53.2 Å². The van der Waals surface area contributed by atoms with Crippen LogP contribution in [0.25, 0.3) is 5.69 Å². The number of thioether (sulfide) groups is 1. The van der Waals surface area contributed by atoms with Gasteiger partial charge >= 0.3 is 0 Å². The second-order valence-corrected chi connectivity index (χ2v) is 10.2. The van der Waals surface area contributed by atoms with Crippen molar-refractivity contribution in [3.8, 4) is 5.69 Å². The van der Waals surface area contributed by atoms with E-state index >= 15 is 0 Å². The molecule has 0 radical (unpaired) electrons. The number of amides is 1. The third kappa shape index (κ3) is 4.91. The second-order valence-electron chi connectivity index (χ2n) is 9.30. The number of benzene rings is 1. The predicted molar refractivity (Wildman–Crippen MR) is 134 cm³/mol. The van der Waals surface area contributed by atoms with Gasteiger partial charge in [-0.25, -0.2) is 4.68 Å². The standard InChI is InChI=1S/C26H28N6O2S/c33-24(17-35-26-29-28-25(19-12-13-19)31(26)16-21-11-6-14-34-21)27-23-15-22(18-7-4-5-8-18)30-32(23)20-9-2-1-3-10-20/h1-3,6,9-11,14-15,18-19H,4-5,7-8,12-13,16-17H2,(H,27,33). The maximum Gasteiger partial charge on any atom is 0.236 e. The number of hydrogen-bond donors (Lipinski definition) is 1. The molecule has 1 aromatic carbocycles. The molecule has 0 aliphatic heterocycles. The van der Waals surface area contributed by atoms with Crippen molar-refractivity contribution < 1.29 is 9.21 Å². The van der Waals surface area contributed by atoms with E-state index in [0.29, 0.717) is 24.2 Å². The van der Waals surface area contributed by atoms with Crippen molar-refractivity contribution >= 4 is 23.5 Å². The smallest absolute Gasteiger partial charge is 0.236 e. The summed E-state index contributed by atoms with van der Waals surface area (Å²) in [5, 5.41) is 17.5. The molecule has 0 saturated heterocycles. The van der Waals surface area contributed by atoms with E-state index in [9.17, 15) is 4.79 Å². The molecule has 2 fully saturated rings. The minimum atomic E-state index is -0.0921. The lowest BCUT2D eigenvalue weighted by Crippen LogP contribution is -2.17. The van der Waals surface area contributed by atoms with Crippen LogP contribution in [-0.2, 0) is 11.3 Å². The van der Waals surface area contributed by atoms with Gasteiger partial charge in [0.1, 0.15) is 17.4 Å². The first kappa shape index (κ1) is 22.2. The Morgan fingerprint density at radius 3 is 2.60 bits per heavy atom. The van der Waals surface area contributed by atoms with Gasteiger partial charge in [0.2, 0.25) is 5.91 Å². The molecule has 8 nitrogen and oxygen atoms in total. The van der Waals surface area contributed by atoms with E-state index in [-0.39, 0.29) is 11.7 Å². The molecule has 4 aromatic rings. The zero-order valence-corrected chi connectivity index (χ0v) is 20.3. The van der Waals surface area contributed by atoms with Crippen LogP contribution in [0.5, 0.6) is 0 Å². The highest BCUT2D eigenvalue weighted by Crippen LogP contribution is 2.40. The number of aromatic nitrogens is 5. The Labute approximate surface area is 208 Å². The summed E-state index contributed by atoms with van der Waals surface area (Å²) in [7, 11) is 0. The molecule has 3 heterocycles. The lowest BCUT2D eigenvalue weighted by molar-refractivity contribution is -0.113. The average Bonchev–Trinajstić information content (AvgIpc) is 3.33. The van der Waals surface area contributed by atoms with Crippen molar-refractivity contribution in [2.45, 2.75) is 62.1 Å². The van der Waals surface area contributed by atoms with E-state index < -0.39 is 0 Å². The van der Waals surface area contributed by atoms with Crippen molar-refractivity contribution in [1.29, 1.82) is 0 Å². The maximum atomic E-state index is 13.0. The molecule has 2 saturated carbocycles. The lowest BCUT2D eigenvalue weighted by Gasteiger charge is -2.10. The summed E-state index contributed by atoms with van der Waals surface area (Å²) in [5.41, 5.74) is 1.99. The van der Waals surface area contributed by atoms with Crippen LogP contribution in [0, 0.1) is 0 Å². The normalized spacial score (nSPS) is 16.1. The molecule has 0 atom stereocenters. The van der Waals surface area contributed by atoms with Gasteiger partial charge in [0.15, 0.2) is 5.16 Å². The molecule has 0 spiro atoms. The number of nitrogens with one attached hydrogen (secondary N) is 1. The number of carbonyl (C=O) groups is 1. The summed E-state index contributed by atoms with van der Waals surface area (Å²) in [6.45, 7) is 0.571. The van der Waals surface area contributed by atoms with Crippen LogP contribution in [-0.4, -0.2) is 36.2 Å². The molecule has 9 heteroatoms. The maximum absolute atomic E-state index is 13.0. The van der Waals surface area contributed by atoms with Crippen molar-refractivity contribution in [1.82, 2.24) is 24.5 Å². The van der Waals surface area contributed by atoms with Crippen LogP contribution in [0.3, 0.4) is 0 Å². The van der Waals surface area contributed by atoms with Crippen LogP contribution < -0.4 is 5.32 Å². The SMILES string of the molecule is O=C(CSc1nnc(C2CC2)n1Cc1ccco1)Nc1cc(C2CCCC2)nn1-c1ccccc1. The molecule has 1 N–H and O–H groups in total. The summed E-state index contributed by atoms with van der Waals surface area (Å²) in [6, 6.07) is 15.8. The van der Waals surface area contributed by atoms with Crippen LogP contribution in [0.15, 0.2) is 64.4 Å². The third-order valence-electron chi connectivity index (χ3n) is 6.68. The van der Waals surface area contributed by atoms with E-state index in [1.165, 1.54) is 24.6 Å². The Hall–Kier alpha value is -3.33. The first-order chi connectivity index (χ1) is 17.2. The summed E-state index contributed by atoms with van der Waals surface area (Å²) in [5.74, 6) is 3.60. The molecule has 180 valence electrons. The Morgan fingerprint density at radius 2 is 1.86 bits per heavy atom. The number of furan rings is 1. The second kappa shape index (κ2) is 9.73. The van der Waals surface area contributed by atoms with Crippen molar-refractivity contribution in [3.63, 3.8) is 0 Å².